The van der Waals surface area contributed by atoms with E-state index in [1.54, 1.807) is 6.20 Å². The molecule has 21 heavy (non-hydrogen) atoms. The van der Waals surface area contributed by atoms with E-state index in [9.17, 15) is 4.79 Å². The lowest BCUT2D eigenvalue weighted by molar-refractivity contribution is 0.0944. The summed E-state index contributed by atoms with van der Waals surface area (Å²) in [6, 6.07) is 10.8. The van der Waals surface area contributed by atoms with Crippen LogP contribution in [0.25, 0.3) is 10.9 Å². The monoisotopic (exact) mass is 284 g/mol. The number of aromatic nitrogens is 2. The van der Waals surface area contributed by atoms with Crippen LogP contribution in [0.4, 0.5) is 0 Å². The third-order valence-corrected chi connectivity index (χ3v) is 2.90. The lowest BCUT2D eigenvalue weighted by atomic mass is 10.2. The predicted molar refractivity (Wildman–Crippen MR) is 74.2 cm³/mol. The molecule has 0 saturated heterocycles. The summed E-state index contributed by atoms with van der Waals surface area (Å²) in [5.74, 6) is 5.61. The van der Waals surface area contributed by atoms with Gasteiger partial charge in [0.2, 0.25) is 0 Å². The molecule has 0 aliphatic carbocycles. The van der Waals surface area contributed by atoms with Crippen molar-refractivity contribution < 1.29 is 14.1 Å². The number of pyridine rings is 1. The second kappa shape index (κ2) is 5.59. The first kappa shape index (κ1) is 13.1. The summed E-state index contributed by atoms with van der Waals surface area (Å²) in [4.78, 5) is 15.5. The van der Waals surface area contributed by atoms with Crippen molar-refractivity contribution in [2.75, 3.05) is 0 Å². The van der Waals surface area contributed by atoms with Gasteiger partial charge in [-0.15, -0.1) is 0 Å². The number of hydrogen-bond donors (Lipinski definition) is 2. The van der Waals surface area contributed by atoms with Gasteiger partial charge in [0.25, 0.3) is 5.91 Å². The summed E-state index contributed by atoms with van der Waals surface area (Å²) in [6.07, 6.45) is 1.72. The third kappa shape index (κ3) is 2.67. The number of carbonyl (C=O) groups is 1. The zero-order valence-corrected chi connectivity index (χ0v) is 10.9. The van der Waals surface area contributed by atoms with E-state index in [1.165, 1.54) is 6.07 Å². The Morgan fingerprint density at radius 3 is 3.10 bits per heavy atom. The highest BCUT2D eigenvalue weighted by atomic mass is 16.5. The van der Waals surface area contributed by atoms with E-state index in [-0.39, 0.29) is 12.3 Å². The van der Waals surface area contributed by atoms with Gasteiger partial charge in [0, 0.05) is 17.6 Å². The molecule has 0 saturated carbocycles. The first-order valence-corrected chi connectivity index (χ1v) is 6.21. The van der Waals surface area contributed by atoms with E-state index in [2.05, 4.69) is 10.1 Å². The Hall–Kier alpha value is -2.93. The number of carbonyl (C=O) groups excluding carboxylic acids is 1. The molecule has 7 heteroatoms. The number of nitrogens with two attached hydrogens (primary N) is 1. The molecular formula is C14H12N4O3. The van der Waals surface area contributed by atoms with E-state index < -0.39 is 5.91 Å². The molecule has 0 unspecified atom stereocenters. The lowest BCUT2D eigenvalue weighted by Gasteiger charge is -2.06. The number of hydrazine groups is 1. The van der Waals surface area contributed by atoms with Crippen molar-refractivity contribution in [3.63, 3.8) is 0 Å². The number of nitrogens with zero attached hydrogens (tertiary/aromatic N) is 2. The van der Waals surface area contributed by atoms with Crippen molar-refractivity contribution in [2.24, 2.45) is 5.84 Å². The van der Waals surface area contributed by atoms with Crippen molar-refractivity contribution in [3.05, 3.63) is 54.0 Å². The molecule has 0 fully saturated rings. The Morgan fingerprint density at radius 1 is 1.33 bits per heavy atom. The zero-order valence-electron chi connectivity index (χ0n) is 10.9. The molecule has 0 bridgehead atoms. The summed E-state index contributed by atoms with van der Waals surface area (Å²) in [5, 5.41) is 4.50. The van der Waals surface area contributed by atoms with E-state index >= 15 is 0 Å². The first-order valence-electron chi connectivity index (χ1n) is 6.21. The van der Waals surface area contributed by atoms with Gasteiger partial charge in [-0.3, -0.25) is 15.2 Å². The van der Waals surface area contributed by atoms with E-state index in [1.807, 2.05) is 35.8 Å². The van der Waals surface area contributed by atoms with Crippen LogP contribution in [0.3, 0.4) is 0 Å². The zero-order chi connectivity index (χ0) is 14.7. The molecular weight excluding hydrogens is 272 g/mol. The normalized spacial score (nSPS) is 10.5. The van der Waals surface area contributed by atoms with Gasteiger partial charge in [0.15, 0.2) is 11.5 Å². The third-order valence-electron chi connectivity index (χ3n) is 2.90. The molecule has 0 spiro atoms. The van der Waals surface area contributed by atoms with Crippen LogP contribution in [-0.4, -0.2) is 16.0 Å². The second-order valence-corrected chi connectivity index (χ2v) is 4.27. The molecule has 0 radical (unpaired) electrons. The van der Waals surface area contributed by atoms with Crippen LogP contribution in [0.2, 0.25) is 0 Å². The van der Waals surface area contributed by atoms with Gasteiger partial charge in [-0.25, -0.2) is 5.84 Å². The topological polar surface area (TPSA) is 103 Å². The molecule has 1 amide bonds. The highest BCUT2D eigenvalue weighted by Crippen LogP contribution is 2.24. The average Bonchev–Trinajstić information content (AvgIpc) is 3.01. The number of ether oxygens (including phenoxy) is 1. The summed E-state index contributed by atoms with van der Waals surface area (Å²) in [6.45, 7) is 0.152. The molecule has 0 atom stereocenters. The number of hydrogen-bond acceptors (Lipinski definition) is 6. The van der Waals surface area contributed by atoms with Crippen LogP contribution >= 0.6 is 0 Å². The Kier molecular flexibility index (Phi) is 3.48. The van der Waals surface area contributed by atoms with Gasteiger partial charge in [-0.1, -0.05) is 11.2 Å². The van der Waals surface area contributed by atoms with E-state index in [0.29, 0.717) is 11.5 Å². The molecule has 106 valence electrons. The van der Waals surface area contributed by atoms with Crippen LogP contribution < -0.4 is 16.0 Å². The van der Waals surface area contributed by atoms with Crippen LogP contribution in [0.5, 0.6) is 5.75 Å². The second-order valence-electron chi connectivity index (χ2n) is 4.27. The molecule has 0 aliphatic rings. The van der Waals surface area contributed by atoms with Crippen LogP contribution in [0.1, 0.15) is 16.2 Å². The van der Waals surface area contributed by atoms with Gasteiger partial charge in [0.05, 0.1) is 5.52 Å². The standard InChI is InChI=1S/C14H12N4O3/c15-17-14(19)12-7-9(21-18-12)8-20-13-5-1-4-11-10(13)3-2-6-16-11/h1-7H,8,15H2,(H,17,19). The maximum Gasteiger partial charge on any atom is 0.287 e. The van der Waals surface area contributed by atoms with Crippen LogP contribution in [0.15, 0.2) is 47.1 Å². The highest BCUT2D eigenvalue weighted by molar-refractivity contribution is 5.91. The van der Waals surface area contributed by atoms with Crippen molar-refractivity contribution >= 4 is 16.8 Å². The highest BCUT2D eigenvalue weighted by Gasteiger charge is 2.12. The Bertz CT molecular complexity index is 779. The number of nitrogen functional groups attached to an aromatic ring is 1. The molecule has 1 aromatic carbocycles. The molecule has 7 nitrogen and oxygen atoms in total. The predicted octanol–water partition coefficient (Wildman–Crippen LogP) is 1.41. The fourth-order valence-electron chi connectivity index (χ4n) is 1.91. The average molecular weight is 284 g/mol. The lowest BCUT2D eigenvalue weighted by Crippen LogP contribution is -2.30. The number of benzene rings is 1. The Labute approximate surface area is 119 Å². The van der Waals surface area contributed by atoms with Crippen LogP contribution in [-0.2, 0) is 6.61 Å². The summed E-state index contributed by atoms with van der Waals surface area (Å²) >= 11 is 0. The molecule has 0 aliphatic heterocycles. The van der Waals surface area contributed by atoms with Crippen molar-refractivity contribution in [1.82, 2.24) is 15.6 Å². The van der Waals surface area contributed by atoms with Gasteiger partial charge in [-0.2, -0.15) is 0 Å². The van der Waals surface area contributed by atoms with Crippen LogP contribution in [0, 0.1) is 0 Å². The summed E-state index contributed by atoms with van der Waals surface area (Å²) < 4.78 is 10.7. The fourth-order valence-corrected chi connectivity index (χ4v) is 1.91. The molecule has 2 heterocycles. The summed E-state index contributed by atoms with van der Waals surface area (Å²) in [5.41, 5.74) is 2.93. The van der Waals surface area contributed by atoms with Gasteiger partial charge < -0.3 is 9.26 Å². The van der Waals surface area contributed by atoms with Gasteiger partial charge >= 0.3 is 0 Å². The minimum atomic E-state index is -0.514. The van der Waals surface area contributed by atoms with Crippen molar-refractivity contribution in [3.8, 4) is 5.75 Å². The Morgan fingerprint density at radius 2 is 2.24 bits per heavy atom. The largest absolute Gasteiger partial charge is 0.485 e. The minimum Gasteiger partial charge on any atom is -0.485 e. The Balaban J connectivity index is 1.77. The SMILES string of the molecule is NNC(=O)c1cc(COc2cccc3ncccc23)on1. The smallest absolute Gasteiger partial charge is 0.287 e. The number of amides is 1. The van der Waals surface area contributed by atoms with E-state index in [4.69, 9.17) is 15.1 Å². The maximum absolute atomic E-state index is 11.3. The fraction of sp³-hybridized carbons (Fsp3) is 0.0714. The molecule has 2 aromatic heterocycles. The molecule has 3 N–H and O–H groups in total. The molecule has 3 aromatic rings. The van der Waals surface area contributed by atoms with E-state index in [0.717, 1.165) is 10.9 Å². The van der Waals surface area contributed by atoms with Crippen molar-refractivity contribution in [1.29, 1.82) is 0 Å². The quantitative estimate of drug-likeness (QED) is 0.426. The first-order chi connectivity index (χ1) is 10.3. The number of fused-ring (bicyclic) bond motifs is 1. The minimum absolute atomic E-state index is 0.107. The van der Waals surface area contributed by atoms with Gasteiger partial charge in [0.1, 0.15) is 12.4 Å². The maximum atomic E-state index is 11.3. The number of nitrogens with one attached hydrogen (secondary N) is 1. The van der Waals surface area contributed by atoms with Crippen molar-refractivity contribution in [2.45, 2.75) is 6.61 Å². The number of rotatable bonds is 4. The summed E-state index contributed by atoms with van der Waals surface area (Å²) in [7, 11) is 0. The van der Waals surface area contributed by atoms with Gasteiger partial charge in [-0.05, 0) is 24.3 Å². The molecule has 3 rings (SSSR count).